The Labute approximate surface area is 135 Å². The van der Waals surface area contributed by atoms with E-state index in [-0.39, 0.29) is 5.97 Å². The first-order valence-electron chi connectivity index (χ1n) is 7.24. The van der Waals surface area contributed by atoms with Crippen LogP contribution in [0.5, 0.6) is 0 Å². The standard InChI is InChI=1S/C16H21N5O2/c1-21(2)8-7-17-14-10-15(19-11-18-14)20-13-6-4-5-12(9-13)16(22)23-3/h4-6,9-11H,7-8H2,1-3H3,(H2,17,18,19,20). The number of rotatable bonds is 7. The molecular formula is C16H21N5O2. The average Bonchev–Trinajstić information content (AvgIpc) is 2.54. The third kappa shape index (κ3) is 5.23. The van der Waals surface area contributed by atoms with Gasteiger partial charge in [-0.05, 0) is 32.3 Å². The molecule has 1 heterocycles. The minimum absolute atomic E-state index is 0.373. The SMILES string of the molecule is COC(=O)c1cccc(Nc2cc(NCCN(C)C)ncn2)c1. The second-order valence-electron chi connectivity index (χ2n) is 5.22. The zero-order valence-corrected chi connectivity index (χ0v) is 13.5. The Bertz CT molecular complexity index is 660. The van der Waals surface area contributed by atoms with Crippen molar-refractivity contribution in [3.05, 3.63) is 42.2 Å². The zero-order chi connectivity index (χ0) is 16.7. The van der Waals surface area contributed by atoms with Gasteiger partial charge < -0.3 is 20.3 Å². The highest BCUT2D eigenvalue weighted by atomic mass is 16.5. The lowest BCUT2D eigenvalue weighted by Gasteiger charge is -2.12. The Balaban J connectivity index is 2.04. The molecule has 0 amide bonds. The molecule has 0 saturated heterocycles. The average molecular weight is 315 g/mol. The smallest absolute Gasteiger partial charge is 0.337 e. The predicted octanol–water partition coefficient (Wildman–Crippen LogP) is 1.98. The van der Waals surface area contributed by atoms with Crippen LogP contribution in [0.4, 0.5) is 17.3 Å². The highest BCUT2D eigenvalue weighted by Crippen LogP contribution is 2.18. The van der Waals surface area contributed by atoms with Crippen LogP contribution < -0.4 is 10.6 Å². The van der Waals surface area contributed by atoms with Crippen LogP contribution in [-0.4, -0.2) is 55.1 Å². The van der Waals surface area contributed by atoms with Crippen LogP contribution >= 0.6 is 0 Å². The van der Waals surface area contributed by atoms with Crippen LogP contribution in [-0.2, 0) is 4.74 Å². The van der Waals surface area contributed by atoms with E-state index in [0.717, 1.165) is 24.6 Å². The number of carbonyl (C=O) groups excluding carboxylic acids is 1. The van der Waals surface area contributed by atoms with Crippen molar-refractivity contribution >= 4 is 23.3 Å². The highest BCUT2D eigenvalue weighted by molar-refractivity contribution is 5.90. The zero-order valence-electron chi connectivity index (χ0n) is 13.5. The van der Waals surface area contributed by atoms with Crippen LogP contribution in [0.1, 0.15) is 10.4 Å². The van der Waals surface area contributed by atoms with E-state index in [4.69, 9.17) is 4.74 Å². The number of anilines is 3. The minimum atomic E-state index is -0.373. The van der Waals surface area contributed by atoms with Gasteiger partial charge in [-0.3, -0.25) is 0 Å². The number of hydrogen-bond donors (Lipinski definition) is 2. The normalized spacial score (nSPS) is 10.4. The largest absolute Gasteiger partial charge is 0.465 e. The molecule has 0 aliphatic heterocycles. The van der Waals surface area contributed by atoms with Gasteiger partial charge in [0.15, 0.2) is 0 Å². The fourth-order valence-electron chi connectivity index (χ4n) is 1.92. The first kappa shape index (κ1) is 16.7. The van der Waals surface area contributed by atoms with E-state index in [2.05, 4.69) is 25.5 Å². The molecule has 0 aliphatic rings. The van der Waals surface area contributed by atoms with E-state index in [1.165, 1.54) is 13.4 Å². The van der Waals surface area contributed by atoms with Crippen LogP contribution in [0.2, 0.25) is 0 Å². The van der Waals surface area contributed by atoms with E-state index < -0.39 is 0 Å². The van der Waals surface area contributed by atoms with Crippen LogP contribution in [0, 0.1) is 0 Å². The fourth-order valence-corrected chi connectivity index (χ4v) is 1.92. The summed E-state index contributed by atoms with van der Waals surface area (Å²) in [4.78, 5) is 22.0. The molecular weight excluding hydrogens is 294 g/mol. The molecule has 7 heteroatoms. The van der Waals surface area contributed by atoms with Crippen molar-refractivity contribution in [2.24, 2.45) is 0 Å². The molecule has 23 heavy (non-hydrogen) atoms. The molecule has 2 aromatic rings. The van der Waals surface area contributed by atoms with Gasteiger partial charge in [0, 0.05) is 24.8 Å². The van der Waals surface area contributed by atoms with Crippen molar-refractivity contribution in [1.29, 1.82) is 0 Å². The van der Waals surface area contributed by atoms with Crippen LogP contribution in [0.3, 0.4) is 0 Å². The Morgan fingerprint density at radius 1 is 1.22 bits per heavy atom. The monoisotopic (exact) mass is 315 g/mol. The molecule has 0 unspecified atom stereocenters. The summed E-state index contributed by atoms with van der Waals surface area (Å²) in [7, 11) is 5.39. The predicted molar refractivity (Wildman–Crippen MR) is 90.1 cm³/mol. The lowest BCUT2D eigenvalue weighted by Crippen LogP contribution is -2.21. The number of methoxy groups -OCH3 is 1. The van der Waals surface area contributed by atoms with E-state index in [9.17, 15) is 4.79 Å². The molecule has 122 valence electrons. The maximum absolute atomic E-state index is 11.6. The van der Waals surface area contributed by atoms with E-state index in [1.807, 2.05) is 26.2 Å². The Morgan fingerprint density at radius 3 is 2.74 bits per heavy atom. The molecule has 1 aromatic carbocycles. The van der Waals surface area contributed by atoms with Gasteiger partial charge in [0.25, 0.3) is 0 Å². The summed E-state index contributed by atoms with van der Waals surface area (Å²) in [5, 5.41) is 6.39. The highest BCUT2D eigenvalue weighted by Gasteiger charge is 2.06. The molecule has 0 saturated carbocycles. The summed E-state index contributed by atoms with van der Waals surface area (Å²) in [6.45, 7) is 1.70. The number of likely N-dealkylation sites (N-methyl/N-ethyl adjacent to an activating group) is 1. The van der Waals surface area contributed by atoms with Gasteiger partial charge in [0.05, 0.1) is 12.7 Å². The topological polar surface area (TPSA) is 79.4 Å². The Hall–Kier alpha value is -2.67. The molecule has 0 radical (unpaired) electrons. The molecule has 2 rings (SSSR count). The number of esters is 1. The van der Waals surface area contributed by atoms with Crippen molar-refractivity contribution in [2.75, 3.05) is 44.9 Å². The summed E-state index contributed by atoms with van der Waals surface area (Å²) in [6.07, 6.45) is 1.49. The van der Waals surface area contributed by atoms with Crippen molar-refractivity contribution in [3.63, 3.8) is 0 Å². The lowest BCUT2D eigenvalue weighted by molar-refractivity contribution is 0.0601. The summed E-state index contributed by atoms with van der Waals surface area (Å²) < 4.78 is 4.72. The van der Waals surface area contributed by atoms with Crippen molar-refractivity contribution in [3.8, 4) is 0 Å². The maximum atomic E-state index is 11.6. The number of hydrogen-bond acceptors (Lipinski definition) is 7. The number of carbonyl (C=O) groups is 1. The lowest BCUT2D eigenvalue weighted by atomic mass is 10.2. The molecule has 0 atom stereocenters. The number of benzene rings is 1. The number of aromatic nitrogens is 2. The molecule has 0 aliphatic carbocycles. The number of nitrogens with zero attached hydrogens (tertiary/aromatic N) is 3. The summed E-state index contributed by atoms with van der Waals surface area (Å²) in [5.74, 6) is 1.02. The minimum Gasteiger partial charge on any atom is -0.465 e. The second-order valence-corrected chi connectivity index (χ2v) is 5.22. The molecule has 0 bridgehead atoms. The first-order chi connectivity index (χ1) is 11.1. The van der Waals surface area contributed by atoms with Crippen LogP contribution in [0.15, 0.2) is 36.7 Å². The van der Waals surface area contributed by atoms with Gasteiger partial charge in [0.1, 0.15) is 18.0 Å². The third-order valence-electron chi connectivity index (χ3n) is 3.09. The number of ether oxygens (including phenoxy) is 1. The van der Waals surface area contributed by atoms with Gasteiger partial charge in [-0.25, -0.2) is 14.8 Å². The summed E-state index contributed by atoms with van der Waals surface area (Å²) in [6, 6.07) is 8.87. The van der Waals surface area contributed by atoms with Gasteiger partial charge in [-0.15, -0.1) is 0 Å². The molecule has 1 aromatic heterocycles. The van der Waals surface area contributed by atoms with Gasteiger partial charge in [-0.2, -0.15) is 0 Å². The third-order valence-corrected chi connectivity index (χ3v) is 3.09. The van der Waals surface area contributed by atoms with Crippen molar-refractivity contribution < 1.29 is 9.53 Å². The fraction of sp³-hybridized carbons (Fsp3) is 0.312. The molecule has 0 fully saturated rings. The van der Waals surface area contributed by atoms with E-state index in [1.54, 1.807) is 18.2 Å². The summed E-state index contributed by atoms with van der Waals surface area (Å²) in [5.41, 5.74) is 1.24. The molecule has 7 nitrogen and oxygen atoms in total. The molecule has 0 spiro atoms. The van der Waals surface area contributed by atoms with Gasteiger partial charge in [0.2, 0.25) is 0 Å². The Kier molecular flexibility index (Phi) is 5.87. The quantitative estimate of drug-likeness (QED) is 0.756. The number of nitrogens with one attached hydrogen (secondary N) is 2. The van der Waals surface area contributed by atoms with E-state index in [0.29, 0.717) is 11.4 Å². The van der Waals surface area contributed by atoms with Gasteiger partial charge >= 0.3 is 5.97 Å². The Morgan fingerprint density at radius 2 is 2.00 bits per heavy atom. The molecule has 2 N–H and O–H groups in total. The van der Waals surface area contributed by atoms with Gasteiger partial charge in [-0.1, -0.05) is 6.07 Å². The van der Waals surface area contributed by atoms with Crippen molar-refractivity contribution in [1.82, 2.24) is 14.9 Å². The van der Waals surface area contributed by atoms with E-state index >= 15 is 0 Å². The first-order valence-corrected chi connectivity index (χ1v) is 7.24. The van der Waals surface area contributed by atoms with Crippen molar-refractivity contribution in [2.45, 2.75) is 0 Å². The summed E-state index contributed by atoms with van der Waals surface area (Å²) >= 11 is 0. The van der Waals surface area contributed by atoms with Crippen LogP contribution in [0.25, 0.3) is 0 Å². The maximum Gasteiger partial charge on any atom is 0.337 e. The second kappa shape index (κ2) is 8.09.